The lowest BCUT2D eigenvalue weighted by Gasteiger charge is -2.23. The van der Waals surface area contributed by atoms with E-state index >= 15 is 0 Å². The van der Waals surface area contributed by atoms with E-state index in [0.717, 1.165) is 0 Å². The van der Waals surface area contributed by atoms with Gasteiger partial charge >= 0.3 is 5.69 Å². The molecule has 0 atom stereocenters. The van der Waals surface area contributed by atoms with Crippen molar-refractivity contribution in [2.24, 2.45) is 0 Å². The normalized spacial score (nSPS) is 18.1. The Morgan fingerprint density at radius 1 is 1.33 bits per heavy atom. The maximum Gasteiger partial charge on any atom is 0.304 e. The summed E-state index contributed by atoms with van der Waals surface area (Å²) in [5.41, 5.74) is 4.89. The zero-order chi connectivity index (χ0) is 15.6. The van der Waals surface area contributed by atoms with E-state index in [-0.39, 0.29) is 28.8 Å². The number of nitrogens with zero attached hydrogens (tertiary/aromatic N) is 1. The van der Waals surface area contributed by atoms with Crippen molar-refractivity contribution in [2.75, 3.05) is 17.2 Å². The van der Waals surface area contributed by atoms with Crippen LogP contribution in [0.1, 0.15) is 23.2 Å². The molecule has 0 bridgehead atoms. The van der Waals surface area contributed by atoms with Crippen LogP contribution in [-0.2, 0) is 9.84 Å². The summed E-state index contributed by atoms with van der Waals surface area (Å²) >= 11 is 0. The zero-order valence-electron chi connectivity index (χ0n) is 11.1. The fraction of sp³-hybridized carbons (Fsp3) is 0.417. The number of hydrogen-bond donors (Lipinski definition) is 2. The molecule has 1 aliphatic rings. The Hall–Kier alpha value is -2.16. The van der Waals surface area contributed by atoms with Gasteiger partial charge in [-0.3, -0.25) is 14.9 Å². The minimum absolute atomic E-state index is 0.0109. The number of benzene rings is 1. The third kappa shape index (κ3) is 3.48. The Labute approximate surface area is 121 Å². The molecule has 2 rings (SSSR count). The first-order valence-corrected chi connectivity index (χ1v) is 8.16. The van der Waals surface area contributed by atoms with E-state index in [1.54, 1.807) is 0 Å². The maximum absolute atomic E-state index is 12.1. The Kier molecular flexibility index (Phi) is 4.12. The van der Waals surface area contributed by atoms with Gasteiger partial charge in [0.05, 0.1) is 16.4 Å². The highest BCUT2D eigenvalue weighted by molar-refractivity contribution is 7.91. The van der Waals surface area contributed by atoms with Crippen molar-refractivity contribution in [3.8, 4) is 0 Å². The first-order chi connectivity index (χ1) is 9.80. The van der Waals surface area contributed by atoms with Crippen LogP contribution < -0.4 is 11.1 Å². The second-order valence-corrected chi connectivity index (χ2v) is 7.20. The lowest BCUT2D eigenvalue weighted by atomic mass is 10.1. The molecule has 1 amide bonds. The van der Waals surface area contributed by atoms with E-state index < -0.39 is 26.4 Å². The highest BCUT2D eigenvalue weighted by Gasteiger charge is 2.28. The van der Waals surface area contributed by atoms with Crippen LogP contribution >= 0.6 is 0 Å². The van der Waals surface area contributed by atoms with Gasteiger partial charge in [-0.05, 0) is 25.0 Å². The van der Waals surface area contributed by atoms with Gasteiger partial charge in [-0.1, -0.05) is 6.07 Å². The molecular weight excluding hydrogens is 298 g/mol. The Morgan fingerprint density at radius 3 is 2.52 bits per heavy atom. The predicted octanol–water partition coefficient (Wildman–Crippen LogP) is 0.484. The standard InChI is InChI=1S/C12H15N3O5S/c13-10-3-1-2-9(11(10)15(17)18)12(16)14-8-4-6-21(19,20)7-5-8/h1-3,8H,4-7,13H2,(H,14,16). The van der Waals surface area contributed by atoms with E-state index in [1.807, 2.05) is 0 Å². The number of rotatable bonds is 3. The van der Waals surface area contributed by atoms with Crippen molar-refractivity contribution in [2.45, 2.75) is 18.9 Å². The zero-order valence-corrected chi connectivity index (χ0v) is 11.9. The van der Waals surface area contributed by atoms with Crippen molar-refractivity contribution in [3.05, 3.63) is 33.9 Å². The molecular formula is C12H15N3O5S. The Balaban J connectivity index is 2.15. The average molecular weight is 313 g/mol. The second-order valence-electron chi connectivity index (χ2n) is 4.90. The second kappa shape index (κ2) is 5.68. The number of para-hydroxylation sites is 1. The first kappa shape index (κ1) is 15.2. The van der Waals surface area contributed by atoms with Crippen LogP contribution in [0.4, 0.5) is 11.4 Å². The smallest absolute Gasteiger partial charge is 0.304 e. The van der Waals surface area contributed by atoms with Crippen molar-refractivity contribution >= 4 is 27.1 Å². The quantitative estimate of drug-likeness (QED) is 0.474. The molecule has 0 aliphatic carbocycles. The number of nitro groups is 1. The lowest BCUT2D eigenvalue weighted by Crippen LogP contribution is -2.41. The highest BCUT2D eigenvalue weighted by atomic mass is 32.2. The number of nitrogens with one attached hydrogen (secondary N) is 1. The number of sulfone groups is 1. The maximum atomic E-state index is 12.1. The van der Waals surface area contributed by atoms with Crippen LogP contribution in [0.5, 0.6) is 0 Å². The van der Waals surface area contributed by atoms with Gasteiger partial charge in [0.25, 0.3) is 5.91 Å². The third-order valence-electron chi connectivity index (χ3n) is 3.38. The number of hydrogen-bond acceptors (Lipinski definition) is 6. The van der Waals surface area contributed by atoms with E-state index in [9.17, 15) is 23.3 Å². The Morgan fingerprint density at radius 2 is 1.95 bits per heavy atom. The molecule has 8 nitrogen and oxygen atoms in total. The molecule has 1 aromatic rings. The SMILES string of the molecule is Nc1cccc(C(=O)NC2CCS(=O)(=O)CC2)c1[N+](=O)[O-]. The summed E-state index contributed by atoms with van der Waals surface area (Å²) < 4.78 is 22.6. The number of amides is 1. The van der Waals surface area contributed by atoms with E-state index in [1.165, 1.54) is 18.2 Å². The average Bonchev–Trinajstić information content (AvgIpc) is 2.40. The molecule has 9 heteroatoms. The van der Waals surface area contributed by atoms with E-state index in [0.29, 0.717) is 12.8 Å². The fourth-order valence-corrected chi connectivity index (χ4v) is 3.74. The van der Waals surface area contributed by atoms with Crippen molar-refractivity contribution in [3.63, 3.8) is 0 Å². The number of anilines is 1. The van der Waals surface area contributed by atoms with Crippen LogP contribution in [0.3, 0.4) is 0 Å². The number of carbonyl (C=O) groups is 1. The van der Waals surface area contributed by atoms with Gasteiger partial charge in [0.2, 0.25) is 0 Å². The summed E-state index contributed by atoms with van der Waals surface area (Å²) in [5, 5.41) is 13.6. The molecule has 0 unspecified atom stereocenters. The Bertz CT molecular complexity index is 672. The van der Waals surface area contributed by atoms with Gasteiger partial charge in [0, 0.05) is 6.04 Å². The summed E-state index contributed by atoms with van der Waals surface area (Å²) in [6.07, 6.45) is 0.619. The molecule has 21 heavy (non-hydrogen) atoms. The summed E-state index contributed by atoms with van der Waals surface area (Å²) in [6, 6.07) is 3.83. The molecule has 1 saturated heterocycles. The molecule has 0 saturated carbocycles. The number of nitro benzene ring substituents is 1. The summed E-state index contributed by atoms with van der Waals surface area (Å²) in [4.78, 5) is 22.4. The number of nitrogens with two attached hydrogens (primary N) is 1. The summed E-state index contributed by atoms with van der Waals surface area (Å²) in [6.45, 7) is 0. The van der Waals surface area contributed by atoms with Crippen LogP contribution in [0, 0.1) is 10.1 Å². The molecule has 0 radical (unpaired) electrons. The van der Waals surface area contributed by atoms with Gasteiger partial charge in [-0.15, -0.1) is 0 Å². The topological polar surface area (TPSA) is 132 Å². The van der Waals surface area contributed by atoms with Gasteiger partial charge in [0.1, 0.15) is 21.1 Å². The predicted molar refractivity (Wildman–Crippen MR) is 76.7 cm³/mol. The first-order valence-electron chi connectivity index (χ1n) is 6.34. The number of nitrogen functional groups attached to an aromatic ring is 1. The molecule has 0 aromatic heterocycles. The van der Waals surface area contributed by atoms with Crippen molar-refractivity contribution < 1.29 is 18.1 Å². The minimum atomic E-state index is -3.02. The van der Waals surface area contributed by atoms with Crippen molar-refractivity contribution in [1.29, 1.82) is 0 Å². The van der Waals surface area contributed by atoms with Gasteiger partial charge < -0.3 is 11.1 Å². The molecule has 1 aliphatic heterocycles. The molecule has 1 fully saturated rings. The molecule has 114 valence electrons. The van der Waals surface area contributed by atoms with Crippen LogP contribution in [0.2, 0.25) is 0 Å². The summed E-state index contributed by atoms with van der Waals surface area (Å²) in [7, 11) is -3.02. The van der Waals surface area contributed by atoms with E-state index in [2.05, 4.69) is 5.32 Å². The lowest BCUT2D eigenvalue weighted by molar-refractivity contribution is -0.384. The molecule has 1 aromatic carbocycles. The van der Waals surface area contributed by atoms with Crippen LogP contribution in [0.15, 0.2) is 18.2 Å². The van der Waals surface area contributed by atoms with Crippen LogP contribution in [0.25, 0.3) is 0 Å². The molecule has 3 N–H and O–H groups in total. The number of carbonyl (C=O) groups excluding carboxylic acids is 1. The largest absolute Gasteiger partial charge is 0.393 e. The summed E-state index contributed by atoms with van der Waals surface area (Å²) in [5.74, 6) is -0.591. The molecule has 0 spiro atoms. The fourth-order valence-electron chi connectivity index (χ4n) is 2.25. The molecule has 1 heterocycles. The monoisotopic (exact) mass is 313 g/mol. The van der Waals surface area contributed by atoms with Gasteiger partial charge in [-0.2, -0.15) is 0 Å². The third-order valence-corrected chi connectivity index (χ3v) is 5.10. The minimum Gasteiger partial charge on any atom is -0.393 e. The van der Waals surface area contributed by atoms with E-state index in [4.69, 9.17) is 5.73 Å². The van der Waals surface area contributed by atoms with Gasteiger partial charge in [0.15, 0.2) is 0 Å². The van der Waals surface area contributed by atoms with Crippen LogP contribution in [-0.4, -0.2) is 36.8 Å². The van der Waals surface area contributed by atoms with Gasteiger partial charge in [-0.25, -0.2) is 8.42 Å². The van der Waals surface area contributed by atoms with Crippen molar-refractivity contribution in [1.82, 2.24) is 5.32 Å². The highest BCUT2D eigenvalue weighted by Crippen LogP contribution is 2.26.